The van der Waals surface area contributed by atoms with Crippen molar-refractivity contribution in [3.8, 4) is 0 Å². The van der Waals surface area contributed by atoms with Gasteiger partial charge in [0, 0.05) is 6.42 Å². The Morgan fingerprint density at radius 2 is 1.89 bits per heavy atom. The molecule has 0 amide bonds. The number of rotatable bonds is 3. The summed E-state index contributed by atoms with van der Waals surface area (Å²) in [6, 6.07) is 3.64. The van der Waals surface area contributed by atoms with E-state index in [0.29, 0.717) is 0 Å². The maximum atomic E-state index is 13.5. The summed E-state index contributed by atoms with van der Waals surface area (Å²) in [5.74, 6) is -3.50. The first-order chi connectivity index (χ1) is 8.97. The Labute approximate surface area is 106 Å². The molecule has 2 rings (SSSR count). The highest BCUT2D eigenvalue weighted by Gasteiger charge is 2.15. The van der Waals surface area contributed by atoms with Crippen LogP contribution in [0.15, 0.2) is 30.5 Å². The SMILES string of the molecule is O=C(O)c1cc(F)cnc1Cc1cc(F)ccc1F. The van der Waals surface area contributed by atoms with E-state index in [0.717, 1.165) is 30.5 Å². The van der Waals surface area contributed by atoms with E-state index in [-0.39, 0.29) is 23.2 Å². The molecule has 0 saturated carbocycles. The van der Waals surface area contributed by atoms with Gasteiger partial charge in [-0.25, -0.2) is 18.0 Å². The molecule has 1 heterocycles. The number of hydrogen-bond acceptors (Lipinski definition) is 2. The lowest BCUT2D eigenvalue weighted by Gasteiger charge is -2.06. The van der Waals surface area contributed by atoms with Crippen LogP contribution in [-0.2, 0) is 6.42 Å². The summed E-state index contributed by atoms with van der Waals surface area (Å²) in [5.41, 5.74) is -0.441. The molecule has 0 radical (unpaired) electrons. The maximum absolute atomic E-state index is 13.5. The first kappa shape index (κ1) is 13.1. The molecule has 3 nitrogen and oxygen atoms in total. The molecule has 2 aromatic rings. The fourth-order valence-electron chi connectivity index (χ4n) is 1.65. The zero-order valence-electron chi connectivity index (χ0n) is 9.53. The van der Waals surface area contributed by atoms with Crippen molar-refractivity contribution in [1.29, 1.82) is 0 Å². The molecule has 0 spiro atoms. The highest BCUT2D eigenvalue weighted by atomic mass is 19.1. The molecule has 98 valence electrons. The minimum atomic E-state index is -1.38. The summed E-state index contributed by atoms with van der Waals surface area (Å²) < 4.78 is 39.4. The zero-order valence-corrected chi connectivity index (χ0v) is 9.53. The third-order valence-electron chi connectivity index (χ3n) is 2.53. The second-order valence-corrected chi connectivity index (χ2v) is 3.87. The molecule has 0 fully saturated rings. The molecule has 1 N–H and O–H groups in total. The highest BCUT2D eigenvalue weighted by molar-refractivity contribution is 5.88. The fourth-order valence-corrected chi connectivity index (χ4v) is 1.65. The predicted molar refractivity (Wildman–Crippen MR) is 60.3 cm³/mol. The highest BCUT2D eigenvalue weighted by Crippen LogP contribution is 2.17. The Hall–Kier alpha value is -2.37. The lowest BCUT2D eigenvalue weighted by atomic mass is 10.0. The van der Waals surface area contributed by atoms with Crippen molar-refractivity contribution in [3.63, 3.8) is 0 Å². The normalized spacial score (nSPS) is 10.5. The van der Waals surface area contributed by atoms with E-state index >= 15 is 0 Å². The molecule has 0 atom stereocenters. The molecule has 0 unspecified atom stereocenters. The fraction of sp³-hybridized carbons (Fsp3) is 0.0769. The van der Waals surface area contributed by atoms with Gasteiger partial charge < -0.3 is 5.11 Å². The number of nitrogens with zero attached hydrogens (tertiary/aromatic N) is 1. The minimum absolute atomic E-state index is 0.0293. The van der Waals surface area contributed by atoms with E-state index in [4.69, 9.17) is 5.11 Å². The van der Waals surface area contributed by atoms with Crippen molar-refractivity contribution in [2.45, 2.75) is 6.42 Å². The number of halogens is 3. The second-order valence-electron chi connectivity index (χ2n) is 3.87. The summed E-state index contributed by atoms with van der Waals surface area (Å²) in [4.78, 5) is 14.6. The Morgan fingerprint density at radius 3 is 2.58 bits per heavy atom. The molecule has 0 saturated heterocycles. The Bertz CT molecular complexity index is 644. The van der Waals surface area contributed by atoms with Crippen LogP contribution in [0.2, 0.25) is 0 Å². The van der Waals surface area contributed by atoms with Gasteiger partial charge in [0.05, 0.1) is 17.5 Å². The average Bonchev–Trinajstić information content (AvgIpc) is 2.35. The number of carboxylic acid groups (broad SMARTS) is 1. The van der Waals surface area contributed by atoms with Crippen LogP contribution in [0, 0.1) is 17.5 Å². The standard InChI is InChI=1S/C13H8F3NO2/c14-8-1-2-11(16)7(3-8)4-12-10(13(18)19)5-9(15)6-17-12/h1-3,5-6H,4H2,(H,18,19). The first-order valence-electron chi connectivity index (χ1n) is 5.29. The van der Waals surface area contributed by atoms with Crippen molar-refractivity contribution in [2.24, 2.45) is 0 Å². The van der Waals surface area contributed by atoms with Crippen LogP contribution >= 0.6 is 0 Å². The third kappa shape index (κ3) is 2.90. The second kappa shape index (κ2) is 5.09. The molecule has 0 aliphatic rings. The summed E-state index contributed by atoms with van der Waals surface area (Å²) in [6.45, 7) is 0. The van der Waals surface area contributed by atoms with Gasteiger partial charge in [0.25, 0.3) is 0 Å². The predicted octanol–water partition coefficient (Wildman–Crippen LogP) is 2.79. The number of carboxylic acids is 1. The number of benzene rings is 1. The van der Waals surface area contributed by atoms with E-state index in [2.05, 4.69) is 4.98 Å². The molecular formula is C13H8F3NO2. The molecule has 1 aromatic heterocycles. The largest absolute Gasteiger partial charge is 0.478 e. The van der Waals surface area contributed by atoms with Gasteiger partial charge in [-0.3, -0.25) is 4.98 Å². The van der Waals surface area contributed by atoms with Crippen LogP contribution in [0.25, 0.3) is 0 Å². The van der Waals surface area contributed by atoms with Crippen LogP contribution in [0.5, 0.6) is 0 Å². The quantitative estimate of drug-likeness (QED) is 0.930. The van der Waals surface area contributed by atoms with Crippen molar-refractivity contribution < 1.29 is 23.1 Å². The van der Waals surface area contributed by atoms with Crippen LogP contribution in [0.1, 0.15) is 21.6 Å². The van der Waals surface area contributed by atoms with Gasteiger partial charge in [-0.15, -0.1) is 0 Å². The smallest absolute Gasteiger partial charge is 0.337 e. The third-order valence-corrected chi connectivity index (χ3v) is 2.53. The lowest BCUT2D eigenvalue weighted by Crippen LogP contribution is -2.07. The molecule has 1 aromatic carbocycles. The van der Waals surface area contributed by atoms with E-state index in [9.17, 15) is 18.0 Å². The molecule has 0 aliphatic carbocycles. The van der Waals surface area contributed by atoms with Crippen molar-refractivity contribution in [1.82, 2.24) is 4.98 Å². The van der Waals surface area contributed by atoms with E-state index in [1.807, 2.05) is 0 Å². The van der Waals surface area contributed by atoms with Gasteiger partial charge >= 0.3 is 5.97 Å². The van der Waals surface area contributed by atoms with E-state index in [1.165, 1.54) is 0 Å². The van der Waals surface area contributed by atoms with E-state index < -0.39 is 23.4 Å². The van der Waals surface area contributed by atoms with Gasteiger partial charge in [0.15, 0.2) is 0 Å². The van der Waals surface area contributed by atoms with Crippen molar-refractivity contribution in [3.05, 3.63) is 64.7 Å². The number of aromatic carboxylic acids is 1. The number of hydrogen-bond donors (Lipinski definition) is 1. The van der Waals surface area contributed by atoms with Gasteiger partial charge in [0.2, 0.25) is 0 Å². The lowest BCUT2D eigenvalue weighted by molar-refractivity contribution is 0.0694. The molecular weight excluding hydrogens is 259 g/mol. The van der Waals surface area contributed by atoms with Gasteiger partial charge in [-0.1, -0.05) is 0 Å². The minimum Gasteiger partial charge on any atom is -0.478 e. The monoisotopic (exact) mass is 267 g/mol. The molecule has 6 heteroatoms. The maximum Gasteiger partial charge on any atom is 0.337 e. The summed E-state index contributed by atoms with van der Waals surface area (Å²) in [7, 11) is 0. The summed E-state index contributed by atoms with van der Waals surface area (Å²) in [6.07, 6.45) is 0.602. The van der Waals surface area contributed by atoms with E-state index in [1.54, 1.807) is 0 Å². The molecule has 0 bridgehead atoms. The zero-order chi connectivity index (χ0) is 14.0. The van der Waals surface area contributed by atoms with Crippen LogP contribution in [-0.4, -0.2) is 16.1 Å². The average molecular weight is 267 g/mol. The topological polar surface area (TPSA) is 50.2 Å². The summed E-state index contributed by atoms with van der Waals surface area (Å²) >= 11 is 0. The van der Waals surface area contributed by atoms with Crippen molar-refractivity contribution in [2.75, 3.05) is 0 Å². The number of aromatic nitrogens is 1. The van der Waals surface area contributed by atoms with Crippen LogP contribution in [0.3, 0.4) is 0 Å². The molecule has 0 aliphatic heterocycles. The number of pyridine rings is 1. The Morgan fingerprint density at radius 1 is 1.16 bits per heavy atom. The Balaban J connectivity index is 2.43. The summed E-state index contributed by atoms with van der Waals surface area (Å²) in [5, 5.41) is 8.92. The first-order valence-corrected chi connectivity index (χ1v) is 5.29. The van der Waals surface area contributed by atoms with Crippen LogP contribution in [0.4, 0.5) is 13.2 Å². The van der Waals surface area contributed by atoms with Crippen molar-refractivity contribution >= 4 is 5.97 Å². The molecule has 19 heavy (non-hydrogen) atoms. The number of carbonyl (C=O) groups is 1. The van der Waals surface area contributed by atoms with Gasteiger partial charge in [-0.2, -0.15) is 0 Å². The van der Waals surface area contributed by atoms with Crippen LogP contribution < -0.4 is 0 Å². The van der Waals surface area contributed by atoms with Gasteiger partial charge in [-0.05, 0) is 29.8 Å². The Kier molecular flexibility index (Phi) is 3.50. The van der Waals surface area contributed by atoms with Gasteiger partial charge in [0.1, 0.15) is 17.5 Å².